The zero-order chi connectivity index (χ0) is 22.2. The molecule has 1 aromatic heterocycles. The molecule has 1 amide bonds. The first kappa shape index (κ1) is 20.5. The van der Waals surface area contributed by atoms with Crippen LogP contribution >= 0.6 is 0 Å². The molecule has 2 bridgehead atoms. The number of piperidine rings is 3. The van der Waals surface area contributed by atoms with Crippen LogP contribution in [0.5, 0.6) is 0 Å². The lowest BCUT2D eigenvalue weighted by Crippen LogP contribution is -2.56. The van der Waals surface area contributed by atoms with Crippen LogP contribution in [0.3, 0.4) is 0 Å². The average Bonchev–Trinajstić information content (AvgIpc) is 3.12. The largest absolute Gasteiger partial charge is 0.419 e. The van der Waals surface area contributed by atoms with E-state index in [0.29, 0.717) is 17.9 Å². The number of fused-ring (bicyclic) bond motifs is 4. The van der Waals surface area contributed by atoms with Gasteiger partial charge in [-0.05, 0) is 67.1 Å². The minimum atomic E-state index is -0.549. The minimum absolute atomic E-state index is 0.0170. The second-order valence-electron chi connectivity index (χ2n) is 8.93. The molecule has 0 spiro atoms. The Morgan fingerprint density at radius 1 is 1.19 bits per heavy atom. The number of hydrogen-bond acceptors (Lipinski definition) is 5. The Morgan fingerprint density at radius 3 is 2.56 bits per heavy atom. The second-order valence-corrected chi connectivity index (χ2v) is 8.93. The molecule has 1 unspecified atom stereocenters. The topological polar surface area (TPSA) is 91.3 Å². The number of nitrogens with zero attached hydrogens (tertiary/aromatic N) is 3. The van der Waals surface area contributed by atoms with E-state index in [0.717, 1.165) is 41.7 Å². The molecule has 7 nitrogen and oxygen atoms in total. The summed E-state index contributed by atoms with van der Waals surface area (Å²) in [7, 11) is 1.69. The van der Waals surface area contributed by atoms with Crippen molar-refractivity contribution in [1.82, 2.24) is 14.8 Å². The van der Waals surface area contributed by atoms with Gasteiger partial charge in [0.1, 0.15) is 6.04 Å². The van der Waals surface area contributed by atoms with Crippen LogP contribution in [0.15, 0.2) is 51.7 Å². The van der Waals surface area contributed by atoms with Crippen LogP contribution < -0.4 is 11.1 Å². The van der Waals surface area contributed by atoms with Gasteiger partial charge in [0.05, 0.1) is 17.6 Å². The van der Waals surface area contributed by atoms with Crippen molar-refractivity contribution in [2.75, 3.05) is 13.1 Å². The van der Waals surface area contributed by atoms with Gasteiger partial charge in [0.15, 0.2) is 5.58 Å². The number of oxazole rings is 1. The zero-order valence-corrected chi connectivity index (χ0v) is 18.1. The Kier molecular flexibility index (Phi) is 5.32. The number of nitriles is 1. The van der Waals surface area contributed by atoms with E-state index in [9.17, 15) is 14.9 Å². The van der Waals surface area contributed by atoms with Crippen molar-refractivity contribution in [2.24, 2.45) is 13.0 Å². The van der Waals surface area contributed by atoms with Gasteiger partial charge >= 0.3 is 5.76 Å². The standard InChI is InChI=1S/C25H26N4O3/c1-28-21-14-19(6-7-23(21)32-25(28)31)18-4-2-16(3-5-18)12-20(15-26)27-24(30)22-13-17-8-10-29(22)11-9-17/h2-7,14,17,20,22H,8-13H2,1H3,(H,27,30)/t20-,22?/m0/s1. The smallest absolute Gasteiger partial charge is 0.408 e. The Balaban J connectivity index is 1.26. The van der Waals surface area contributed by atoms with E-state index in [2.05, 4.69) is 16.3 Å². The fraction of sp³-hybridized carbons (Fsp3) is 0.400. The molecule has 4 heterocycles. The molecule has 3 saturated heterocycles. The number of rotatable bonds is 5. The predicted octanol–water partition coefficient (Wildman–Crippen LogP) is 2.83. The van der Waals surface area contributed by atoms with E-state index < -0.39 is 6.04 Å². The van der Waals surface area contributed by atoms with E-state index in [1.165, 1.54) is 17.4 Å². The Bertz CT molecular complexity index is 1240. The second kappa shape index (κ2) is 8.29. The lowest BCUT2D eigenvalue weighted by atomic mass is 9.83. The molecule has 32 heavy (non-hydrogen) atoms. The van der Waals surface area contributed by atoms with Crippen molar-refractivity contribution in [3.8, 4) is 17.2 Å². The van der Waals surface area contributed by atoms with Gasteiger partial charge in [-0.1, -0.05) is 30.3 Å². The highest BCUT2D eigenvalue weighted by molar-refractivity contribution is 5.83. The molecule has 3 aromatic rings. The summed E-state index contributed by atoms with van der Waals surface area (Å²) in [6, 6.07) is 15.2. The van der Waals surface area contributed by atoms with Crippen molar-refractivity contribution in [3.63, 3.8) is 0 Å². The molecule has 0 aliphatic carbocycles. The molecular weight excluding hydrogens is 404 g/mol. The Labute approximate surface area is 186 Å². The number of carbonyl (C=O) groups is 1. The van der Waals surface area contributed by atoms with Gasteiger partial charge in [0, 0.05) is 13.5 Å². The van der Waals surface area contributed by atoms with Gasteiger partial charge in [-0.15, -0.1) is 0 Å². The quantitative estimate of drug-likeness (QED) is 0.672. The fourth-order valence-corrected chi connectivity index (χ4v) is 5.01. The van der Waals surface area contributed by atoms with Crippen molar-refractivity contribution in [2.45, 2.75) is 37.8 Å². The molecular formula is C25H26N4O3. The van der Waals surface area contributed by atoms with Crippen molar-refractivity contribution in [3.05, 3.63) is 58.6 Å². The molecule has 1 N–H and O–H groups in total. The SMILES string of the molecule is Cn1c(=O)oc2ccc(-c3ccc(C[C@@H](C#N)NC(=O)C4CC5CCN4CC5)cc3)cc21. The Hall–Kier alpha value is -3.37. The first-order valence-corrected chi connectivity index (χ1v) is 11.1. The summed E-state index contributed by atoms with van der Waals surface area (Å²) < 4.78 is 6.68. The summed E-state index contributed by atoms with van der Waals surface area (Å²) in [6.07, 6.45) is 3.74. The van der Waals surface area contributed by atoms with Crippen molar-refractivity contribution < 1.29 is 9.21 Å². The van der Waals surface area contributed by atoms with Gasteiger partial charge in [-0.25, -0.2) is 4.79 Å². The summed E-state index contributed by atoms with van der Waals surface area (Å²) in [5.74, 6) is 0.249. The number of carbonyl (C=O) groups excluding carboxylic acids is 1. The van der Waals surface area contributed by atoms with Gasteiger partial charge in [-0.2, -0.15) is 5.26 Å². The van der Waals surface area contributed by atoms with Crippen LogP contribution in [0.2, 0.25) is 0 Å². The third-order valence-corrected chi connectivity index (χ3v) is 6.94. The molecule has 3 fully saturated rings. The fourth-order valence-electron chi connectivity index (χ4n) is 5.01. The zero-order valence-electron chi connectivity index (χ0n) is 18.1. The number of nitrogens with one attached hydrogen (secondary N) is 1. The maximum atomic E-state index is 12.8. The summed E-state index contributed by atoms with van der Waals surface area (Å²) in [6.45, 7) is 1.97. The highest BCUT2D eigenvalue weighted by atomic mass is 16.4. The third-order valence-electron chi connectivity index (χ3n) is 6.94. The normalized spacial score (nSPS) is 23.1. The number of aryl methyl sites for hydroxylation is 1. The first-order valence-electron chi connectivity index (χ1n) is 11.1. The summed E-state index contributed by atoms with van der Waals surface area (Å²) >= 11 is 0. The van der Waals surface area contributed by atoms with Crippen LogP contribution in [-0.2, 0) is 18.3 Å². The van der Waals surface area contributed by atoms with Gasteiger partial charge in [0.25, 0.3) is 0 Å². The maximum absolute atomic E-state index is 12.8. The van der Waals surface area contributed by atoms with E-state index in [4.69, 9.17) is 4.42 Å². The summed E-state index contributed by atoms with van der Waals surface area (Å²) in [4.78, 5) is 26.8. The van der Waals surface area contributed by atoms with Crippen LogP contribution in [0, 0.1) is 17.2 Å². The molecule has 0 saturated carbocycles. The molecule has 0 radical (unpaired) electrons. The number of aromatic nitrogens is 1. The van der Waals surface area contributed by atoms with Crippen LogP contribution in [0.1, 0.15) is 24.8 Å². The molecule has 6 rings (SSSR count). The van der Waals surface area contributed by atoms with E-state index in [1.54, 1.807) is 13.1 Å². The van der Waals surface area contributed by atoms with Crippen molar-refractivity contribution >= 4 is 17.0 Å². The molecule has 2 atom stereocenters. The summed E-state index contributed by atoms with van der Waals surface area (Å²) in [5.41, 5.74) is 4.28. The number of amides is 1. The monoisotopic (exact) mass is 430 g/mol. The average molecular weight is 431 g/mol. The van der Waals surface area contributed by atoms with Crippen LogP contribution in [-0.4, -0.2) is 40.5 Å². The highest BCUT2D eigenvalue weighted by Crippen LogP contribution is 2.32. The lowest BCUT2D eigenvalue weighted by molar-refractivity contribution is -0.130. The molecule has 2 aromatic carbocycles. The predicted molar refractivity (Wildman–Crippen MR) is 121 cm³/mol. The number of hydrogen-bond donors (Lipinski definition) is 1. The van der Waals surface area contributed by atoms with Gasteiger partial charge in [-0.3, -0.25) is 14.3 Å². The molecule has 3 aliphatic rings. The van der Waals surface area contributed by atoms with E-state index in [-0.39, 0.29) is 17.7 Å². The molecule has 7 heteroatoms. The van der Waals surface area contributed by atoms with Crippen molar-refractivity contribution in [1.29, 1.82) is 5.26 Å². The summed E-state index contributed by atoms with van der Waals surface area (Å²) in [5, 5.41) is 12.6. The van der Waals surface area contributed by atoms with Gasteiger partial charge < -0.3 is 9.73 Å². The highest BCUT2D eigenvalue weighted by Gasteiger charge is 2.38. The first-order chi connectivity index (χ1) is 15.5. The van der Waals surface area contributed by atoms with Gasteiger partial charge in [0.2, 0.25) is 5.91 Å². The Morgan fingerprint density at radius 2 is 1.91 bits per heavy atom. The third kappa shape index (κ3) is 3.82. The lowest BCUT2D eigenvalue weighted by Gasteiger charge is -2.44. The van der Waals surface area contributed by atoms with Crippen LogP contribution in [0.4, 0.5) is 0 Å². The van der Waals surface area contributed by atoms with E-state index >= 15 is 0 Å². The molecule has 164 valence electrons. The molecule has 3 aliphatic heterocycles. The van der Waals surface area contributed by atoms with Crippen LogP contribution in [0.25, 0.3) is 22.2 Å². The number of benzene rings is 2. The minimum Gasteiger partial charge on any atom is -0.408 e. The van der Waals surface area contributed by atoms with E-state index in [1.807, 2.05) is 36.4 Å². The maximum Gasteiger partial charge on any atom is 0.419 e.